The van der Waals surface area contributed by atoms with Crippen molar-refractivity contribution in [3.8, 4) is 0 Å². The molecule has 0 aromatic heterocycles. The lowest BCUT2D eigenvalue weighted by Crippen LogP contribution is -2.30. The molecule has 0 amide bonds. The molecule has 0 aliphatic carbocycles. The molecule has 0 fully saturated rings. The van der Waals surface area contributed by atoms with Gasteiger partial charge in [-0.3, -0.25) is 14.4 Å². The SMILES string of the molecule is CC/C=C\C/C=C\C/C=C\CCCCCC(=O)OCC(COC(=O)CCCCCCCCCCCCCCCCCCCCCCCCCCCCCCCCC)OC(=O)CCCCCCCCCCC/C=C\C/C=C\CCCCCCC. The molecule has 6 heteroatoms. The highest BCUT2D eigenvalue weighted by atomic mass is 16.6. The van der Waals surface area contributed by atoms with Crippen molar-refractivity contribution in [1.29, 1.82) is 0 Å². The minimum absolute atomic E-state index is 0.0820. The van der Waals surface area contributed by atoms with E-state index in [1.54, 1.807) is 0 Å². The topological polar surface area (TPSA) is 78.9 Å². The van der Waals surface area contributed by atoms with Crippen LogP contribution in [0.2, 0.25) is 0 Å². The van der Waals surface area contributed by atoms with Crippen LogP contribution in [0.15, 0.2) is 60.8 Å². The molecule has 484 valence electrons. The van der Waals surface area contributed by atoms with E-state index in [1.807, 2.05) is 0 Å². The second-order valence-electron chi connectivity index (χ2n) is 24.8. The Morgan fingerprint density at radius 2 is 0.470 bits per heavy atom. The summed E-state index contributed by atoms with van der Waals surface area (Å²) in [5.41, 5.74) is 0. The fourth-order valence-electron chi connectivity index (χ4n) is 11.0. The Kier molecular flexibility index (Phi) is 69.1. The van der Waals surface area contributed by atoms with Crippen molar-refractivity contribution in [3.63, 3.8) is 0 Å². The lowest BCUT2D eigenvalue weighted by molar-refractivity contribution is -0.167. The van der Waals surface area contributed by atoms with Crippen LogP contribution in [0.4, 0.5) is 0 Å². The first-order valence-corrected chi connectivity index (χ1v) is 36.8. The average Bonchev–Trinajstić information content (AvgIpc) is 3.49. The number of rotatable bonds is 68. The first-order chi connectivity index (χ1) is 41.0. The monoisotopic (exact) mass is 1160 g/mol. The summed E-state index contributed by atoms with van der Waals surface area (Å²) in [5, 5.41) is 0. The van der Waals surface area contributed by atoms with Crippen LogP contribution in [0.1, 0.15) is 393 Å². The van der Waals surface area contributed by atoms with E-state index in [4.69, 9.17) is 14.2 Å². The number of carbonyl (C=O) groups excluding carboxylic acids is 3. The number of esters is 3. The quantitative estimate of drug-likeness (QED) is 0.0261. The van der Waals surface area contributed by atoms with E-state index in [2.05, 4.69) is 81.5 Å². The molecule has 0 N–H and O–H groups in total. The molecule has 0 aromatic carbocycles. The van der Waals surface area contributed by atoms with Gasteiger partial charge < -0.3 is 14.2 Å². The zero-order chi connectivity index (χ0) is 59.9. The first-order valence-electron chi connectivity index (χ1n) is 36.8. The van der Waals surface area contributed by atoms with Gasteiger partial charge in [-0.15, -0.1) is 0 Å². The van der Waals surface area contributed by atoms with Crippen LogP contribution < -0.4 is 0 Å². The summed E-state index contributed by atoms with van der Waals surface area (Å²) in [7, 11) is 0. The van der Waals surface area contributed by atoms with E-state index in [-0.39, 0.29) is 31.1 Å². The van der Waals surface area contributed by atoms with Crippen LogP contribution >= 0.6 is 0 Å². The second kappa shape index (κ2) is 71.6. The Hall–Kier alpha value is -2.89. The van der Waals surface area contributed by atoms with E-state index in [0.29, 0.717) is 19.3 Å². The van der Waals surface area contributed by atoms with Gasteiger partial charge in [-0.05, 0) is 83.5 Å². The summed E-state index contributed by atoms with van der Waals surface area (Å²) in [6.45, 7) is 6.55. The van der Waals surface area contributed by atoms with Crippen molar-refractivity contribution in [2.75, 3.05) is 13.2 Å². The van der Waals surface area contributed by atoms with Gasteiger partial charge in [0.2, 0.25) is 0 Å². The molecule has 0 aliphatic rings. The molecule has 0 radical (unpaired) electrons. The fourth-order valence-corrected chi connectivity index (χ4v) is 11.0. The third kappa shape index (κ3) is 69.8. The molecule has 0 aromatic rings. The van der Waals surface area contributed by atoms with E-state index >= 15 is 0 Å². The Morgan fingerprint density at radius 3 is 0.747 bits per heavy atom. The molecule has 0 aliphatic heterocycles. The molecule has 0 bridgehead atoms. The van der Waals surface area contributed by atoms with Crippen molar-refractivity contribution < 1.29 is 28.6 Å². The van der Waals surface area contributed by atoms with Crippen molar-refractivity contribution in [1.82, 2.24) is 0 Å². The smallest absolute Gasteiger partial charge is 0.306 e. The molecule has 0 rings (SSSR count). The summed E-state index contributed by atoms with van der Waals surface area (Å²) in [5.74, 6) is -0.894. The summed E-state index contributed by atoms with van der Waals surface area (Å²) >= 11 is 0. The fraction of sp³-hybridized carbons (Fsp3) is 0.831. The van der Waals surface area contributed by atoms with Gasteiger partial charge in [0.05, 0.1) is 0 Å². The highest BCUT2D eigenvalue weighted by molar-refractivity contribution is 5.71. The molecular formula is C77H140O6. The van der Waals surface area contributed by atoms with E-state index < -0.39 is 6.10 Å². The second-order valence-corrected chi connectivity index (χ2v) is 24.8. The molecule has 1 atom stereocenters. The zero-order valence-electron chi connectivity index (χ0n) is 55.7. The highest BCUT2D eigenvalue weighted by Crippen LogP contribution is 2.19. The zero-order valence-corrected chi connectivity index (χ0v) is 55.7. The van der Waals surface area contributed by atoms with Crippen molar-refractivity contribution in [2.45, 2.75) is 399 Å². The summed E-state index contributed by atoms with van der Waals surface area (Å²) < 4.78 is 17.0. The number of ether oxygens (including phenoxy) is 3. The Labute approximate surface area is 517 Å². The number of hydrogen-bond acceptors (Lipinski definition) is 6. The Bertz CT molecular complexity index is 1470. The van der Waals surface area contributed by atoms with Gasteiger partial charge in [0.15, 0.2) is 6.10 Å². The van der Waals surface area contributed by atoms with E-state index in [1.165, 1.54) is 263 Å². The van der Waals surface area contributed by atoms with Gasteiger partial charge in [0.1, 0.15) is 13.2 Å². The predicted molar refractivity (Wildman–Crippen MR) is 362 cm³/mol. The maximum atomic E-state index is 12.9. The van der Waals surface area contributed by atoms with Gasteiger partial charge in [-0.2, -0.15) is 0 Å². The lowest BCUT2D eigenvalue weighted by atomic mass is 10.0. The molecule has 0 heterocycles. The third-order valence-corrected chi connectivity index (χ3v) is 16.5. The number of unbranched alkanes of at least 4 members (excludes halogenated alkanes) is 47. The normalized spacial score (nSPS) is 12.4. The summed E-state index contributed by atoms with van der Waals surface area (Å²) in [4.78, 5) is 38.4. The molecule has 0 saturated carbocycles. The van der Waals surface area contributed by atoms with Gasteiger partial charge in [-0.1, -0.05) is 351 Å². The number of allylic oxidation sites excluding steroid dienone is 10. The molecule has 1 unspecified atom stereocenters. The van der Waals surface area contributed by atoms with Gasteiger partial charge in [0, 0.05) is 19.3 Å². The van der Waals surface area contributed by atoms with Crippen LogP contribution in [0.25, 0.3) is 0 Å². The number of hydrogen-bond donors (Lipinski definition) is 0. The highest BCUT2D eigenvalue weighted by Gasteiger charge is 2.19. The molecule has 0 spiro atoms. The predicted octanol–water partition coefficient (Wildman–Crippen LogP) is 25.5. The van der Waals surface area contributed by atoms with Crippen molar-refractivity contribution in [3.05, 3.63) is 60.8 Å². The Morgan fingerprint density at radius 1 is 0.253 bits per heavy atom. The molecule has 0 saturated heterocycles. The van der Waals surface area contributed by atoms with Crippen LogP contribution in [0.5, 0.6) is 0 Å². The van der Waals surface area contributed by atoms with Crippen LogP contribution in [-0.4, -0.2) is 37.2 Å². The Balaban J connectivity index is 4.18. The maximum absolute atomic E-state index is 12.9. The molecular weight excluding hydrogens is 1020 g/mol. The maximum Gasteiger partial charge on any atom is 0.306 e. The van der Waals surface area contributed by atoms with Crippen LogP contribution in [0.3, 0.4) is 0 Å². The van der Waals surface area contributed by atoms with Crippen LogP contribution in [-0.2, 0) is 28.6 Å². The minimum Gasteiger partial charge on any atom is -0.462 e. The van der Waals surface area contributed by atoms with Gasteiger partial charge in [0.25, 0.3) is 0 Å². The third-order valence-electron chi connectivity index (χ3n) is 16.5. The average molecular weight is 1160 g/mol. The van der Waals surface area contributed by atoms with Gasteiger partial charge in [-0.25, -0.2) is 0 Å². The lowest BCUT2D eigenvalue weighted by Gasteiger charge is -2.18. The van der Waals surface area contributed by atoms with Crippen molar-refractivity contribution in [2.24, 2.45) is 0 Å². The summed E-state index contributed by atoms with van der Waals surface area (Å²) in [6.07, 6.45) is 92.8. The minimum atomic E-state index is -0.789. The summed E-state index contributed by atoms with van der Waals surface area (Å²) in [6, 6.07) is 0. The van der Waals surface area contributed by atoms with Crippen LogP contribution in [0, 0.1) is 0 Å². The standard InChI is InChI=1S/C77H140O6/c1-4-7-10-13-16-19-22-25-27-29-31-33-34-35-36-37-38-39-40-41-42-44-45-47-49-52-55-58-61-64-67-70-76(79)82-73-74(72-81-75(78)69-66-63-60-57-54-51-24-21-18-15-12-9-6-3)83-77(80)71-68-65-62-59-56-53-50-48-46-43-32-30-28-26-23-20-17-14-11-8-5-2/h9,12,18,21,23,26,30,32,51,54,74H,4-8,10-11,13-17,19-20,22,24-25,27-29,31,33-50,52-53,55-73H2,1-3H3/b12-9-,21-18-,26-23-,32-30-,54-51-. The van der Waals surface area contributed by atoms with Gasteiger partial charge >= 0.3 is 17.9 Å². The first kappa shape index (κ1) is 80.1. The van der Waals surface area contributed by atoms with E-state index in [9.17, 15) is 14.4 Å². The number of carbonyl (C=O) groups is 3. The largest absolute Gasteiger partial charge is 0.462 e. The molecule has 83 heavy (non-hydrogen) atoms. The van der Waals surface area contributed by atoms with Crippen molar-refractivity contribution >= 4 is 17.9 Å². The van der Waals surface area contributed by atoms with E-state index in [0.717, 1.165) is 89.9 Å². The molecule has 6 nitrogen and oxygen atoms in total.